The van der Waals surface area contributed by atoms with Crippen molar-refractivity contribution in [1.82, 2.24) is 4.57 Å². The van der Waals surface area contributed by atoms with Gasteiger partial charge in [0.2, 0.25) is 5.65 Å². The maximum absolute atomic E-state index is 12.3. The van der Waals surface area contributed by atoms with Gasteiger partial charge >= 0.3 is 5.97 Å². The lowest BCUT2D eigenvalue weighted by atomic mass is 10.1. The number of carbonyl (C=O) groups excluding carboxylic acids is 2. The highest BCUT2D eigenvalue weighted by atomic mass is 16.5. The van der Waals surface area contributed by atoms with Crippen LogP contribution in [-0.2, 0) is 9.53 Å². The van der Waals surface area contributed by atoms with E-state index >= 15 is 0 Å². The van der Waals surface area contributed by atoms with E-state index in [1.807, 2.05) is 59.1 Å². The van der Waals surface area contributed by atoms with Crippen LogP contribution >= 0.6 is 0 Å². The van der Waals surface area contributed by atoms with Crippen LogP contribution in [0.2, 0.25) is 0 Å². The number of ether oxygens (including phenoxy) is 1. The summed E-state index contributed by atoms with van der Waals surface area (Å²) in [6, 6.07) is 15.2. The third kappa shape index (κ3) is 2.74. The molecule has 0 aliphatic carbocycles. The van der Waals surface area contributed by atoms with Crippen molar-refractivity contribution < 1.29 is 18.7 Å². The van der Waals surface area contributed by atoms with Crippen LogP contribution in [0.4, 0.5) is 5.82 Å². The maximum atomic E-state index is 12.3. The first kappa shape index (κ1) is 15.7. The first-order valence-electron chi connectivity index (χ1n) is 7.55. The Morgan fingerprint density at radius 2 is 1.83 bits per heavy atom. The molecule has 0 radical (unpaired) electrons. The molecule has 0 aliphatic rings. The van der Waals surface area contributed by atoms with Crippen LogP contribution in [0.15, 0.2) is 54.7 Å². The predicted octanol–water partition coefficient (Wildman–Crippen LogP) is 2.14. The minimum Gasteiger partial charge on any atom is -0.467 e. The largest absolute Gasteiger partial charge is 0.467 e. The molecule has 0 amide bonds. The number of pyridine rings is 1. The van der Waals surface area contributed by atoms with Crippen molar-refractivity contribution in [2.45, 2.75) is 6.92 Å². The fraction of sp³-hybridized carbons (Fsp3) is 0.167. The Balaban J connectivity index is 2.27. The summed E-state index contributed by atoms with van der Waals surface area (Å²) in [6.07, 6.45) is 1.85. The summed E-state index contributed by atoms with van der Waals surface area (Å²) >= 11 is 0. The van der Waals surface area contributed by atoms with Crippen molar-refractivity contribution in [3.05, 3.63) is 54.7 Å². The van der Waals surface area contributed by atoms with Gasteiger partial charge in [0.05, 0.1) is 13.3 Å². The first-order valence-corrected chi connectivity index (χ1v) is 7.55. The number of rotatable bonds is 4. The maximum Gasteiger partial charge on any atom is 0.339 e. The molecule has 0 bridgehead atoms. The molecule has 0 saturated carbocycles. The smallest absolute Gasteiger partial charge is 0.339 e. The molecule has 6 nitrogen and oxygen atoms in total. The summed E-state index contributed by atoms with van der Waals surface area (Å²) in [4.78, 5) is 23.8. The molecule has 0 fully saturated rings. The number of nitrogens with zero attached hydrogens (tertiary/aromatic N) is 2. The summed E-state index contributed by atoms with van der Waals surface area (Å²) in [5.74, 6) is 0.176. The lowest BCUT2D eigenvalue weighted by molar-refractivity contribution is -0.494. The minimum absolute atomic E-state index is 0.00917. The number of methoxy groups -OCH3 is 1. The van der Waals surface area contributed by atoms with Crippen LogP contribution in [0, 0.1) is 0 Å². The highest BCUT2D eigenvalue weighted by Gasteiger charge is 2.28. The van der Waals surface area contributed by atoms with Gasteiger partial charge in [-0.3, -0.25) is 10.1 Å². The van der Waals surface area contributed by atoms with E-state index in [0.29, 0.717) is 11.5 Å². The topological polar surface area (TPSA) is 64.4 Å². The Bertz CT molecular complexity index is 901. The van der Waals surface area contributed by atoms with Gasteiger partial charge < -0.3 is 4.74 Å². The molecule has 0 aliphatic heterocycles. The number of fused-ring (bicyclic) bond motifs is 1. The first-order chi connectivity index (χ1) is 11.6. The molecule has 2 heterocycles. The lowest BCUT2D eigenvalue weighted by Crippen LogP contribution is -2.27. The Hall–Kier alpha value is -3.15. The van der Waals surface area contributed by atoms with Crippen LogP contribution in [-0.4, -0.2) is 30.1 Å². The number of hydrogen-bond acceptors (Lipinski definition) is 4. The monoisotopic (exact) mass is 324 g/mol. The molecular formula is C18H18N3O3+. The van der Waals surface area contributed by atoms with Gasteiger partial charge in [0.25, 0.3) is 11.7 Å². The fourth-order valence-electron chi connectivity index (χ4n) is 2.72. The van der Waals surface area contributed by atoms with Crippen LogP contribution in [0.5, 0.6) is 0 Å². The molecule has 0 unspecified atom stereocenters. The molecule has 1 aromatic carbocycles. The molecule has 3 rings (SSSR count). The minimum atomic E-state index is -0.380. The summed E-state index contributed by atoms with van der Waals surface area (Å²) in [5, 5.41) is 3.10. The summed E-state index contributed by atoms with van der Waals surface area (Å²) in [6.45, 7) is 1.53. The molecule has 122 valence electrons. The fourth-order valence-corrected chi connectivity index (χ4v) is 2.72. The van der Waals surface area contributed by atoms with E-state index in [-0.39, 0.29) is 18.4 Å². The number of esters is 1. The summed E-state index contributed by atoms with van der Waals surface area (Å²) < 4.78 is 8.19. The van der Waals surface area contributed by atoms with Gasteiger partial charge in [0.1, 0.15) is 0 Å². The van der Waals surface area contributed by atoms with Crippen molar-refractivity contribution >= 4 is 23.3 Å². The van der Waals surface area contributed by atoms with Crippen molar-refractivity contribution in [3.8, 4) is 11.3 Å². The third-order valence-corrected chi connectivity index (χ3v) is 3.75. The molecule has 3 aromatic rings. The molecular weight excluding hydrogens is 306 g/mol. The number of nitrogens with one attached hydrogen (secondary N) is 1. The second kappa shape index (κ2) is 6.54. The van der Waals surface area contributed by atoms with Crippen molar-refractivity contribution in [2.75, 3.05) is 19.0 Å². The normalized spacial score (nSPS) is 10.6. The Kier molecular flexibility index (Phi) is 4.29. The zero-order valence-electron chi connectivity index (χ0n) is 13.5. The third-order valence-electron chi connectivity index (χ3n) is 3.75. The van der Waals surface area contributed by atoms with E-state index in [1.165, 1.54) is 14.0 Å². The van der Waals surface area contributed by atoms with E-state index in [2.05, 4.69) is 5.32 Å². The van der Waals surface area contributed by atoms with E-state index in [1.54, 1.807) is 4.57 Å². The van der Waals surface area contributed by atoms with Gasteiger partial charge in [0.15, 0.2) is 12.2 Å². The lowest BCUT2D eigenvalue weighted by Gasteiger charge is -2.04. The molecule has 0 spiro atoms. The standard InChI is InChI=1S/C18H18N3O3/c1-13(22)21-15-10-6-7-11-20(15)18(19-12-16(23)24-2)17(21)14-8-4-3-5-9-14/h3-11,19H,12H2,1-2H3/q+1. The molecule has 2 aromatic heterocycles. The molecule has 1 N–H and O–H groups in total. The average molecular weight is 324 g/mol. The number of carbonyl (C=O) groups is 2. The highest BCUT2D eigenvalue weighted by Crippen LogP contribution is 2.28. The zero-order valence-corrected chi connectivity index (χ0v) is 13.5. The number of anilines is 1. The molecule has 6 heteroatoms. The summed E-state index contributed by atoms with van der Waals surface area (Å²) in [7, 11) is 1.34. The second-order valence-corrected chi connectivity index (χ2v) is 5.28. The zero-order chi connectivity index (χ0) is 17.1. The van der Waals surface area contributed by atoms with Gasteiger partial charge in [-0.2, -0.15) is 4.57 Å². The van der Waals surface area contributed by atoms with E-state index in [9.17, 15) is 9.59 Å². The molecule has 0 atom stereocenters. The van der Waals surface area contributed by atoms with Crippen molar-refractivity contribution in [3.63, 3.8) is 0 Å². The number of imidazole rings is 1. The summed E-state index contributed by atoms with van der Waals surface area (Å²) in [5.41, 5.74) is 2.30. The van der Waals surface area contributed by atoms with Crippen LogP contribution in [0.3, 0.4) is 0 Å². The second-order valence-electron chi connectivity index (χ2n) is 5.28. The van der Waals surface area contributed by atoms with E-state index in [4.69, 9.17) is 4.74 Å². The molecule has 0 saturated heterocycles. The van der Waals surface area contributed by atoms with Crippen molar-refractivity contribution in [2.24, 2.45) is 0 Å². The quantitative estimate of drug-likeness (QED) is 0.590. The van der Waals surface area contributed by atoms with E-state index < -0.39 is 0 Å². The van der Waals surface area contributed by atoms with Crippen LogP contribution < -0.4 is 9.72 Å². The van der Waals surface area contributed by atoms with Crippen LogP contribution in [0.25, 0.3) is 16.9 Å². The van der Waals surface area contributed by atoms with Gasteiger partial charge in [-0.1, -0.05) is 36.4 Å². The predicted molar refractivity (Wildman–Crippen MR) is 89.8 cm³/mol. The Morgan fingerprint density at radius 1 is 1.12 bits per heavy atom. The van der Waals surface area contributed by atoms with Crippen LogP contribution in [0.1, 0.15) is 11.7 Å². The van der Waals surface area contributed by atoms with Gasteiger partial charge in [0, 0.05) is 18.6 Å². The highest BCUT2D eigenvalue weighted by molar-refractivity contribution is 5.90. The van der Waals surface area contributed by atoms with Gasteiger partial charge in [-0.15, -0.1) is 0 Å². The van der Waals surface area contributed by atoms with Crippen molar-refractivity contribution in [1.29, 1.82) is 0 Å². The number of aromatic nitrogens is 2. The average Bonchev–Trinajstić information content (AvgIpc) is 2.95. The number of benzene rings is 1. The van der Waals surface area contributed by atoms with Gasteiger partial charge in [-0.25, -0.2) is 9.20 Å². The van der Waals surface area contributed by atoms with Gasteiger partial charge in [-0.05, 0) is 6.07 Å². The Labute approximate surface area is 139 Å². The number of hydrogen-bond donors (Lipinski definition) is 1. The SMILES string of the molecule is COC(=O)CNc1c(-c2ccccc2)n(C(C)=O)c2cccc[n+]12. The van der Waals surface area contributed by atoms with E-state index in [0.717, 1.165) is 11.2 Å². The molecule has 24 heavy (non-hydrogen) atoms. The Morgan fingerprint density at radius 3 is 2.50 bits per heavy atom.